The van der Waals surface area contributed by atoms with Crippen molar-refractivity contribution in [2.24, 2.45) is 0 Å². The largest absolute Gasteiger partial charge is 0.494 e. The van der Waals surface area contributed by atoms with Crippen LogP contribution in [0, 0.1) is 0 Å². The Labute approximate surface area is 175 Å². The molecule has 5 heteroatoms. The van der Waals surface area contributed by atoms with Crippen LogP contribution in [0.3, 0.4) is 0 Å². The summed E-state index contributed by atoms with van der Waals surface area (Å²) in [6.45, 7) is 0.320. The highest BCUT2D eigenvalue weighted by molar-refractivity contribution is 5.63. The van der Waals surface area contributed by atoms with Crippen LogP contribution in [0.2, 0.25) is 0 Å². The highest BCUT2D eigenvalue weighted by Crippen LogP contribution is 2.30. The zero-order valence-corrected chi connectivity index (χ0v) is 16.6. The molecule has 2 aromatic carbocycles. The number of pyridine rings is 1. The topological polar surface area (TPSA) is 67.5 Å². The number of nitrogens with zero attached hydrogens (tertiary/aromatic N) is 2. The monoisotopic (exact) mass is 400 g/mol. The van der Waals surface area contributed by atoms with Gasteiger partial charge in [0.25, 0.3) is 0 Å². The van der Waals surface area contributed by atoms with Gasteiger partial charge >= 0.3 is 0 Å². The van der Waals surface area contributed by atoms with Gasteiger partial charge in [-0.15, -0.1) is 0 Å². The van der Waals surface area contributed by atoms with Gasteiger partial charge in [0.1, 0.15) is 12.4 Å². The van der Waals surface area contributed by atoms with Gasteiger partial charge in [-0.2, -0.15) is 0 Å². The molecule has 0 radical (unpaired) electrons. The molecule has 1 atom stereocenters. The molecule has 5 nitrogen and oxygen atoms in total. The number of ether oxygens (including phenoxy) is 1. The Kier molecular flexibility index (Phi) is 5.99. The number of aromatic hydroxyl groups is 2. The first-order valence-electron chi connectivity index (χ1n) is 9.97. The molecule has 0 saturated heterocycles. The summed E-state index contributed by atoms with van der Waals surface area (Å²) >= 11 is 0. The van der Waals surface area contributed by atoms with Gasteiger partial charge in [0.2, 0.25) is 0 Å². The highest BCUT2D eigenvalue weighted by atomic mass is 16.5. The van der Waals surface area contributed by atoms with Crippen LogP contribution in [0.25, 0.3) is 11.1 Å². The van der Waals surface area contributed by atoms with E-state index in [1.165, 1.54) is 16.7 Å². The van der Waals surface area contributed by atoms with Crippen molar-refractivity contribution in [3.8, 4) is 28.6 Å². The normalized spacial score (nSPS) is 11.9. The predicted octanol–water partition coefficient (Wildman–Crippen LogP) is 5.21. The molecule has 0 amide bonds. The molecule has 0 aliphatic heterocycles. The van der Waals surface area contributed by atoms with Crippen molar-refractivity contribution >= 4 is 0 Å². The van der Waals surface area contributed by atoms with Crippen LogP contribution in [-0.4, -0.2) is 26.4 Å². The van der Waals surface area contributed by atoms with E-state index in [-0.39, 0.29) is 17.8 Å². The van der Waals surface area contributed by atoms with E-state index >= 15 is 0 Å². The second-order valence-electron chi connectivity index (χ2n) is 7.17. The molecule has 4 aromatic rings. The first-order valence-corrected chi connectivity index (χ1v) is 9.97. The van der Waals surface area contributed by atoms with Crippen LogP contribution in [0.1, 0.15) is 18.0 Å². The molecular weight excluding hydrogens is 376 g/mol. The van der Waals surface area contributed by atoms with E-state index in [0.717, 1.165) is 28.9 Å². The molecule has 2 aromatic heterocycles. The Morgan fingerprint density at radius 1 is 0.800 bits per heavy atom. The quantitative estimate of drug-likeness (QED) is 0.426. The van der Waals surface area contributed by atoms with Gasteiger partial charge in [-0.1, -0.05) is 48.5 Å². The molecule has 2 N–H and O–H groups in total. The van der Waals surface area contributed by atoms with Crippen molar-refractivity contribution in [3.63, 3.8) is 0 Å². The summed E-state index contributed by atoms with van der Waals surface area (Å²) in [6.07, 6.45) is 5.01. The number of benzene rings is 2. The Balaban J connectivity index is 1.46. The smallest absolute Gasteiger partial charge is 0.194 e. The van der Waals surface area contributed by atoms with Crippen LogP contribution < -0.4 is 4.74 Å². The molecule has 152 valence electrons. The zero-order valence-electron chi connectivity index (χ0n) is 16.6. The van der Waals surface area contributed by atoms with Gasteiger partial charge in [0, 0.05) is 24.5 Å². The van der Waals surface area contributed by atoms with Gasteiger partial charge in [-0.05, 0) is 47.7 Å². The van der Waals surface area contributed by atoms with E-state index < -0.39 is 0 Å². The second kappa shape index (κ2) is 9.18. The second-order valence-corrected chi connectivity index (χ2v) is 7.17. The summed E-state index contributed by atoms with van der Waals surface area (Å²) in [6, 6.07) is 24.8. The number of hydrogen-bond acceptors (Lipinski definition) is 4. The van der Waals surface area contributed by atoms with Crippen molar-refractivity contribution < 1.29 is 14.9 Å². The van der Waals surface area contributed by atoms with Crippen molar-refractivity contribution in [2.45, 2.75) is 18.9 Å². The maximum atomic E-state index is 10.2. The minimum atomic E-state index is -0.228. The summed E-state index contributed by atoms with van der Waals surface area (Å²) in [5.74, 6) is 0.783. The Morgan fingerprint density at radius 3 is 2.17 bits per heavy atom. The SMILES string of the molecule is Oc1ccc(O)n1C(CCc1cccnc1)COc1ccc(-c2ccccc2)cc1. The summed E-state index contributed by atoms with van der Waals surface area (Å²) in [5.41, 5.74) is 3.37. The fourth-order valence-electron chi connectivity index (χ4n) is 3.53. The molecular formula is C25H24N2O3. The highest BCUT2D eigenvalue weighted by Gasteiger charge is 2.19. The van der Waals surface area contributed by atoms with E-state index in [0.29, 0.717) is 13.0 Å². The van der Waals surface area contributed by atoms with Gasteiger partial charge in [0.05, 0.1) is 6.04 Å². The summed E-state index contributed by atoms with van der Waals surface area (Å²) in [4.78, 5) is 4.15. The van der Waals surface area contributed by atoms with E-state index in [1.54, 1.807) is 6.20 Å². The molecule has 0 aliphatic rings. The fourth-order valence-corrected chi connectivity index (χ4v) is 3.53. The lowest BCUT2D eigenvalue weighted by molar-refractivity contribution is 0.217. The molecule has 2 heterocycles. The molecule has 0 fully saturated rings. The number of rotatable bonds is 8. The van der Waals surface area contributed by atoms with Gasteiger partial charge in [0.15, 0.2) is 11.8 Å². The van der Waals surface area contributed by atoms with E-state index in [9.17, 15) is 10.2 Å². The van der Waals surface area contributed by atoms with E-state index in [2.05, 4.69) is 17.1 Å². The first kappa shape index (κ1) is 19.6. The van der Waals surface area contributed by atoms with Crippen LogP contribution in [-0.2, 0) is 6.42 Å². The van der Waals surface area contributed by atoms with E-state index in [1.807, 2.05) is 60.8 Å². The Bertz CT molecular complexity index is 1040. The summed E-state index contributed by atoms with van der Waals surface area (Å²) < 4.78 is 7.53. The van der Waals surface area contributed by atoms with Crippen molar-refractivity contribution in [2.75, 3.05) is 6.61 Å². The third-order valence-electron chi connectivity index (χ3n) is 5.13. The lowest BCUT2D eigenvalue weighted by Gasteiger charge is -2.21. The predicted molar refractivity (Wildman–Crippen MR) is 117 cm³/mol. The Hall–Kier alpha value is -3.73. The molecule has 30 heavy (non-hydrogen) atoms. The van der Waals surface area contributed by atoms with Gasteiger partial charge in [-0.3, -0.25) is 9.55 Å². The third-order valence-corrected chi connectivity index (χ3v) is 5.13. The van der Waals surface area contributed by atoms with E-state index in [4.69, 9.17) is 4.74 Å². The van der Waals surface area contributed by atoms with Crippen molar-refractivity contribution in [3.05, 3.63) is 96.8 Å². The standard InChI is InChI=1S/C25H24N2O3/c28-24-14-15-25(29)27(24)22(11-8-19-5-4-16-26-17-19)18-30-23-12-9-21(10-13-23)20-6-2-1-3-7-20/h1-7,9-10,12-17,22,28-29H,8,11,18H2. The maximum absolute atomic E-state index is 10.2. The zero-order chi connectivity index (χ0) is 20.8. The van der Waals surface area contributed by atoms with Gasteiger partial charge in [-0.25, -0.2) is 0 Å². The van der Waals surface area contributed by atoms with Crippen LogP contribution in [0.4, 0.5) is 0 Å². The minimum Gasteiger partial charge on any atom is -0.494 e. The Morgan fingerprint density at radius 2 is 1.50 bits per heavy atom. The molecule has 0 saturated carbocycles. The van der Waals surface area contributed by atoms with Gasteiger partial charge < -0.3 is 14.9 Å². The van der Waals surface area contributed by atoms with Crippen molar-refractivity contribution in [1.82, 2.24) is 9.55 Å². The lowest BCUT2D eigenvalue weighted by atomic mass is 10.1. The average molecular weight is 400 g/mol. The molecule has 1 unspecified atom stereocenters. The first-order chi connectivity index (χ1) is 14.7. The third kappa shape index (κ3) is 4.63. The maximum Gasteiger partial charge on any atom is 0.194 e. The van der Waals surface area contributed by atoms with Crippen molar-refractivity contribution in [1.29, 1.82) is 0 Å². The van der Waals surface area contributed by atoms with Crippen LogP contribution in [0.5, 0.6) is 17.5 Å². The molecule has 0 aliphatic carbocycles. The summed E-state index contributed by atoms with van der Waals surface area (Å²) in [7, 11) is 0. The number of aryl methyl sites for hydroxylation is 1. The minimum absolute atomic E-state index is 0.0201. The molecule has 4 rings (SSSR count). The molecule has 0 bridgehead atoms. The van der Waals surface area contributed by atoms with Crippen LogP contribution >= 0.6 is 0 Å². The molecule has 0 spiro atoms. The lowest BCUT2D eigenvalue weighted by Crippen LogP contribution is -2.18. The summed E-state index contributed by atoms with van der Waals surface area (Å²) in [5, 5.41) is 20.4. The number of aromatic nitrogens is 2. The van der Waals surface area contributed by atoms with Crippen LogP contribution in [0.15, 0.2) is 91.3 Å². The average Bonchev–Trinajstić information content (AvgIpc) is 3.13. The fraction of sp³-hybridized carbons (Fsp3) is 0.160. The number of hydrogen-bond donors (Lipinski definition) is 2.